The van der Waals surface area contributed by atoms with Crippen molar-refractivity contribution < 1.29 is 9.47 Å². The highest BCUT2D eigenvalue weighted by atomic mass is 35.5. The van der Waals surface area contributed by atoms with E-state index in [1.807, 2.05) is 44.2 Å². The van der Waals surface area contributed by atoms with Crippen LogP contribution in [-0.4, -0.2) is 12.1 Å². The van der Waals surface area contributed by atoms with E-state index in [1.165, 1.54) is 0 Å². The molecule has 0 amide bonds. The van der Waals surface area contributed by atoms with Gasteiger partial charge in [-0.15, -0.1) is 11.6 Å². The van der Waals surface area contributed by atoms with Gasteiger partial charge < -0.3 is 9.47 Å². The van der Waals surface area contributed by atoms with E-state index < -0.39 is 0 Å². The Hall–Kier alpha value is -1.74. The summed E-state index contributed by atoms with van der Waals surface area (Å²) in [6.45, 7) is 4.41. The molecule has 0 bridgehead atoms. The predicted octanol–water partition coefficient (Wildman–Crippen LogP) is 4.02. The van der Waals surface area contributed by atoms with Crippen LogP contribution < -0.4 is 9.47 Å². The van der Waals surface area contributed by atoms with E-state index in [4.69, 9.17) is 21.1 Å². The lowest BCUT2D eigenvalue weighted by molar-refractivity contribution is 0.289. The van der Waals surface area contributed by atoms with Crippen molar-refractivity contribution in [2.75, 3.05) is 7.11 Å². The number of rotatable bonds is 5. The Kier molecular flexibility index (Phi) is 4.85. The lowest BCUT2D eigenvalue weighted by atomic mass is 10.1. The van der Waals surface area contributed by atoms with Crippen molar-refractivity contribution >= 4 is 11.6 Å². The van der Waals surface area contributed by atoms with E-state index in [-0.39, 0.29) is 0 Å². The van der Waals surface area contributed by atoms with Crippen LogP contribution in [0.4, 0.5) is 0 Å². The SMILES string of the molecule is COc1cccc(COc2nc(C)cc(C)c2CCl)c1. The summed E-state index contributed by atoms with van der Waals surface area (Å²) in [5.41, 5.74) is 4.01. The first kappa shape index (κ1) is 14.7. The summed E-state index contributed by atoms with van der Waals surface area (Å²) in [6.07, 6.45) is 0. The number of aromatic nitrogens is 1. The minimum Gasteiger partial charge on any atom is -0.497 e. The van der Waals surface area contributed by atoms with Crippen molar-refractivity contribution in [3.05, 3.63) is 52.7 Å². The Morgan fingerprint density at radius 2 is 2.00 bits per heavy atom. The molecule has 0 atom stereocenters. The number of halogens is 1. The molecule has 1 aromatic heterocycles. The average Bonchev–Trinajstić information content (AvgIpc) is 2.45. The molecule has 0 N–H and O–H groups in total. The second kappa shape index (κ2) is 6.62. The van der Waals surface area contributed by atoms with E-state index in [1.54, 1.807) is 7.11 Å². The molecule has 0 saturated carbocycles. The Morgan fingerprint density at radius 3 is 2.70 bits per heavy atom. The zero-order valence-electron chi connectivity index (χ0n) is 11.9. The molecule has 20 heavy (non-hydrogen) atoms. The first-order valence-corrected chi connectivity index (χ1v) is 6.96. The molecule has 0 fully saturated rings. The van der Waals surface area contributed by atoms with E-state index in [0.29, 0.717) is 18.4 Å². The Bertz CT molecular complexity index is 599. The molecule has 0 radical (unpaired) electrons. The second-order valence-electron chi connectivity index (χ2n) is 4.64. The summed E-state index contributed by atoms with van der Waals surface area (Å²) in [6, 6.07) is 9.79. The third-order valence-corrected chi connectivity index (χ3v) is 3.35. The van der Waals surface area contributed by atoms with Gasteiger partial charge in [0, 0.05) is 11.3 Å². The van der Waals surface area contributed by atoms with Crippen LogP contribution in [0.2, 0.25) is 0 Å². The summed E-state index contributed by atoms with van der Waals surface area (Å²) in [7, 11) is 1.65. The molecule has 106 valence electrons. The topological polar surface area (TPSA) is 31.4 Å². The summed E-state index contributed by atoms with van der Waals surface area (Å²) >= 11 is 5.98. The van der Waals surface area contributed by atoms with Gasteiger partial charge in [0.15, 0.2) is 0 Å². The molecule has 3 nitrogen and oxygen atoms in total. The van der Waals surface area contributed by atoms with Crippen molar-refractivity contribution in [2.45, 2.75) is 26.3 Å². The quantitative estimate of drug-likeness (QED) is 0.780. The second-order valence-corrected chi connectivity index (χ2v) is 4.91. The number of ether oxygens (including phenoxy) is 2. The first-order valence-electron chi connectivity index (χ1n) is 6.43. The van der Waals surface area contributed by atoms with Crippen molar-refractivity contribution in [3.63, 3.8) is 0 Å². The zero-order valence-corrected chi connectivity index (χ0v) is 12.7. The van der Waals surface area contributed by atoms with Crippen LogP contribution in [0.25, 0.3) is 0 Å². The zero-order chi connectivity index (χ0) is 14.5. The molecule has 1 aromatic carbocycles. The average molecular weight is 292 g/mol. The molecule has 0 unspecified atom stereocenters. The third kappa shape index (κ3) is 3.42. The van der Waals surface area contributed by atoms with E-state index in [9.17, 15) is 0 Å². The number of benzene rings is 1. The fourth-order valence-corrected chi connectivity index (χ4v) is 2.35. The van der Waals surface area contributed by atoms with Gasteiger partial charge in [0.25, 0.3) is 0 Å². The number of hydrogen-bond donors (Lipinski definition) is 0. The van der Waals surface area contributed by atoms with Crippen LogP contribution in [0.5, 0.6) is 11.6 Å². The standard InChI is InChI=1S/C16H18ClNO2/c1-11-7-12(2)18-16(15(11)9-17)20-10-13-5-4-6-14(8-13)19-3/h4-8H,9-10H2,1-3H3. The lowest BCUT2D eigenvalue weighted by Crippen LogP contribution is -2.03. The van der Waals surface area contributed by atoms with Crippen LogP contribution in [0.15, 0.2) is 30.3 Å². The maximum atomic E-state index is 5.98. The van der Waals surface area contributed by atoms with Gasteiger partial charge >= 0.3 is 0 Å². The molecule has 0 saturated heterocycles. The van der Waals surface area contributed by atoms with Crippen LogP contribution in [0, 0.1) is 13.8 Å². The van der Waals surface area contributed by atoms with Crippen LogP contribution in [0.1, 0.15) is 22.4 Å². The van der Waals surface area contributed by atoms with E-state index >= 15 is 0 Å². The van der Waals surface area contributed by atoms with E-state index in [0.717, 1.165) is 28.1 Å². The molecular weight excluding hydrogens is 274 g/mol. The fourth-order valence-electron chi connectivity index (χ4n) is 2.02. The molecule has 2 rings (SSSR count). The maximum absolute atomic E-state index is 5.98. The van der Waals surface area contributed by atoms with Crippen molar-refractivity contribution in [2.24, 2.45) is 0 Å². The molecule has 0 spiro atoms. The van der Waals surface area contributed by atoms with Crippen LogP contribution in [-0.2, 0) is 12.5 Å². The summed E-state index contributed by atoms with van der Waals surface area (Å²) in [5, 5.41) is 0. The molecule has 0 aliphatic carbocycles. The monoisotopic (exact) mass is 291 g/mol. The van der Waals surface area contributed by atoms with Gasteiger partial charge in [0.05, 0.1) is 13.0 Å². The number of hydrogen-bond acceptors (Lipinski definition) is 3. The maximum Gasteiger partial charge on any atom is 0.218 e. The van der Waals surface area contributed by atoms with Gasteiger partial charge in [-0.05, 0) is 43.2 Å². The number of nitrogens with zero attached hydrogens (tertiary/aromatic N) is 1. The number of aryl methyl sites for hydroxylation is 2. The van der Waals surface area contributed by atoms with Gasteiger partial charge in [-0.1, -0.05) is 12.1 Å². The summed E-state index contributed by atoms with van der Waals surface area (Å²) in [4.78, 5) is 4.42. The normalized spacial score (nSPS) is 10.4. The molecule has 2 aromatic rings. The highest BCUT2D eigenvalue weighted by molar-refractivity contribution is 6.17. The van der Waals surface area contributed by atoms with Crippen LogP contribution >= 0.6 is 11.6 Å². The summed E-state index contributed by atoms with van der Waals surface area (Å²) in [5.74, 6) is 1.82. The fraction of sp³-hybridized carbons (Fsp3) is 0.312. The van der Waals surface area contributed by atoms with Gasteiger partial charge in [0.1, 0.15) is 12.4 Å². The molecular formula is C16H18ClNO2. The summed E-state index contributed by atoms with van der Waals surface area (Å²) < 4.78 is 11.0. The predicted molar refractivity (Wildman–Crippen MR) is 80.6 cm³/mol. The van der Waals surface area contributed by atoms with Gasteiger partial charge in [0.2, 0.25) is 5.88 Å². The lowest BCUT2D eigenvalue weighted by Gasteiger charge is -2.12. The Labute approximate surface area is 124 Å². The minimum atomic E-state index is 0.395. The van der Waals surface area contributed by atoms with Crippen molar-refractivity contribution in [1.82, 2.24) is 4.98 Å². The number of methoxy groups -OCH3 is 1. The third-order valence-electron chi connectivity index (χ3n) is 3.08. The van der Waals surface area contributed by atoms with Gasteiger partial charge in [-0.25, -0.2) is 4.98 Å². The van der Waals surface area contributed by atoms with Gasteiger partial charge in [-0.2, -0.15) is 0 Å². The smallest absolute Gasteiger partial charge is 0.218 e. The largest absolute Gasteiger partial charge is 0.497 e. The molecule has 0 aliphatic heterocycles. The van der Waals surface area contributed by atoms with Crippen LogP contribution in [0.3, 0.4) is 0 Å². The van der Waals surface area contributed by atoms with Gasteiger partial charge in [-0.3, -0.25) is 0 Å². The highest BCUT2D eigenvalue weighted by Crippen LogP contribution is 2.24. The molecule has 1 heterocycles. The van der Waals surface area contributed by atoms with Crippen molar-refractivity contribution in [3.8, 4) is 11.6 Å². The number of alkyl halides is 1. The first-order chi connectivity index (χ1) is 9.63. The van der Waals surface area contributed by atoms with E-state index in [2.05, 4.69) is 4.98 Å². The molecule has 4 heteroatoms. The van der Waals surface area contributed by atoms with Crippen molar-refractivity contribution in [1.29, 1.82) is 0 Å². The minimum absolute atomic E-state index is 0.395. The highest BCUT2D eigenvalue weighted by Gasteiger charge is 2.09. The Balaban J connectivity index is 2.18. The Morgan fingerprint density at radius 1 is 1.20 bits per heavy atom. The number of pyridine rings is 1. The molecule has 0 aliphatic rings.